The molecule has 2 aliphatic carbocycles. The Morgan fingerprint density at radius 1 is 1.07 bits per heavy atom. The molecule has 1 unspecified atom stereocenters. The van der Waals surface area contributed by atoms with E-state index in [1.807, 2.05) is 40.1 Å². The summed E-state index contributed by atoms with van der Waals surface area (Å²) in [7, 11) is 0. The second-order valence-corrected chi connectivity index (χ2v) is 14.1. The van der Waals surface area contributed by atoms with E-state index in [-0.39, 0.29) is 0 Å². The van der Waals surface area contributed by atoms with Gasteiger partial charge in [0.1, 0.15) is 0 Å². The zero-order chi connectivity index (χ0) is 29.4. The van der Waals surface area contributed by atoms with Gasteiger partial charge in [0.25, 0.3) is 0 Å². The van der Waals surface area contributed by atoms with Crippen LogP contribution >= 0.6 is 34.0 Å². The van der Waals surface area contributed by atoms with Crippen molar-refractivity contribution in [3.8, 4) is 0 Å². The Morgan fingerprint density at radius 2 is 1.88 bits per heavy atom. The van der Waals surface area contributed by atoms with Gasteiger partial charge in [-0.15, -0.1) is 34.0 Å². The first-order chi connectivity index (χ1) is 20.4. The van der Waals surface area contributed by atoms with E-state index in [9.17, 15) is 0 Å². The maximum absolute atomic E-state index is 4.60. The Morgan fingerprint density at radius 3 is 2.64 bits per heavy atom. The summed E-state index contributed by atoms with van der Waals surface area (Å²) < 4.78 is 3.78. The SMILES string of the molecule is C=C/C=c1/sc(C(/C=C\CC)=c2\sc3ccccc3c2=C)c(C2=CCC(C)=Cc3c2sc2c3C=CC(C)C=C2)/c1=C/C. The molecule has 0 aliphatic heterocycles. The Bertz CT molecular complexity index is 2110. The first-order valence-electron chi connectivity index (χ1n) is 14.7. The van der Waals surface area contributed by atoms with Gasteiger partial charge in [0.05, 0.1) is 0 Å². The molecule has 0 fully saturated rings. The van der Waals surface area contributed by atoms with Crippen molar-refractivity contribution >= 4 is 92.2 Å². The summed E-state index contributed by atoms with van der Waals surface area (Å²) in [6.07, 6.45) is 27.1. The van der Waals surface area contributed by atoms with E-state index in [4.69, 9.17) is 0 Å². The van der Waals surface area contributed by atoms with Crippen molar-refractivity contribution in [2.75, 3.05) is 0 Å². The topological polar surface area (TPSA) is 0 Å². The highest BCUT2D eigenvalue weighted by Gasteiger charge is 2.25. The van der Waals surface area contributed by atoms with Crippen LogP contribution in [-0.2, 0) is 0 Å². The molecule has 210 valence electrons. The fourth-order valence-corrected chi connectivity index (χ4v) is 9.57. The Kier molecular flexibility index (Phi) is 8.18. The molecular weight excluding hydrogens is 565 g/mol. The van der Waals surface area contributed by atoms with Gasteiger partial charge in [0.2, 0.25) is 0 Å². The van der Waals surface area contributed by atoms with Crippen LogP contribution in [-0.4, -0.2) is 0 Å². The summed E-state index contributed by atoms with van der Waals surface area (Å²) in [5.74, 6) is 0.438. The van der Waals surface area contributed by atoms with E-state index in [0.29, 0.717) is 5.92 Å². The smallest absolute Gasteiger partial charge is 0.0448 e. The summed E-state index contributed by atoms with van der Waals surface area (Å²) in [5, 5.41) is 3.63. The van der Waals surface area contributed by atoms with Crippen molar-refractivity contribution < 1.29 is 0 Å². The van der Waals surface area contributed by atoms with E-state index in [0.717, 1.165) is 18.1 Å². The summed E-state index contributed by atoms with van der Waals surface area (Å²) in [5.41, 5.74) is 8.01. The quantitative estimate of drug-likeness (QED) is 0.214. The highest BCUT2D eigenvalue weighted by Crippen LogP contribution is 2.44. The molecule has 6 rings (SSSR count). The number of hydrogen-bond acceptors (Lipinski definition) is 3. The van der Waals surface area contributed by atoms with Crippen LogP contribution in [0.15, 0.2) is 72.9 Å². The summed E-state index contributed by atoms with van der Waals surface area (Å²) in [6, 6.07) is 8.65. The molecule has 0 saturated carbocycles. The summed E-state index contributed by atoms with van der Waals surface area (Å²) >= 11 is 5.65. The lowest BCUT2D eigenvalue weighted by molar-refractivity contribution is 0.954. The maximum atomic E-state index is 4.60. The first kappa shape index (κ1) is 28.6. The van der Waals surface area contributed by atoms with Crippen LogP contribution in [0.25, 0.3) is 58.2 Å². The van der Waals surface area contributed by atoms with E-state index < -0.39 is 0 Å². The molecule has 0 N–H and O–H groups in total. The second-order valence-electron chi connectivity index (χ2n) is 10.9. The van der Waals surface area contributed by atoms with Gasteiger partial charge < -0.3 is 0 Å². The molecule has 1 aromatic carbocycles. The summed E-state index contributed by atoms with van der Waals surface area (Å²) in [6.45, 7) is 17.6. The molecule has 3 aromatic heterocycles. The highest BCUT2D eigenvalue weighted by molar-refractivity contribution is 7.17. The minimum Gasteiger partial charge on any atom is -0.135 e. The zero-order valence-electron chi connectivity index (χ0n) is 24.8. The number of allylic oxidation sites excluding steroid dienone is 7. The molecule has 0 spiro atoms. The molecule has 3 heterocycles. The third-order valence-electron chi connectivity index (χ3n) is 7.90. The zero-order valence-corrected chi connectivity index (χ0v) is 27.2. The summed E-state index contributed by atoms with van der Waals surface area (Å²) in [4.78, 5) is 4.00. The van der Waals surface area contributed by atoms with Gasteiger partial charge in [-0.1, -0.05) is 105 Å². The first-order valence-corrected chi connectivity index (χ1v) is 17.1. The van der Waals surface area contributed by atoms with Gasteiger partial charge in [-0.2, -0.15) is 0 Å². The fourth-order valence-electron chi connectivity index (χ4n) is 5.78. The molecule has 42 heavy (non-hydrogen) atoms. The van der Waals surface area contributed by atoms with E-state index >= 15 is 0 Å². The van der Waals surface area contributed by atoms with E-state index in [1.165, 1.54) is 72.4 Å². The molecule has 0 nitrogen and oxygen atoms in total. The van der Waals surface area contributed by atoms with Crippen molar-refractivity contribution in [3.05, 3.63) is 124 Å². The van der Waals surface area contributed by atoms with Crippen molar-refractivity contribution in [3.63, 3.8) is 0 Å². The van der Waals surface area contributed by atoms with E-state index in [2.05, 4.69) is 126 Å². The molecule has 2 aliphatic rings. The lowest BCUT2D eigenvalue weighted by atomic mass is 9.95. The van der Waals surface area contributed by atoms with Gasteiger partial charge in [0.15, 0.2) is 0 Å². The average Bonchev–Trinajstić information content (AvgIpc) is 3.54. The number of hydrogen-bond donors (Lipinski definition) is 0. The monoisotopic (exact) mass is 600 g/mol. The van der Waals surface area contributed by atoms with Gasteiger partial charge in [-0.05, 0) is 72.2 Å². The Balaban J connectivity index is 1.74. The normalized spacial score (nSPS) is 18.1. The molecule has 3 heteroatoms. The van der Waals surface area contributed by atoms with Crippen molar-refractivity contribution in [1.29, 1.82) is 0 Å². The van der Waals surface area contributed by atoms with Gasteiger partial charge in [0, 0.05) is 50.7 Å². The minimum absolute atomic E-state index is 0.438. The van der Waals surface area contributed by atoms with Crippen molar-refractivity contribution in [2.24, 2.45) is 5.92 Å². The number of fused-ring (bicyclic) bond motifs is 4. The Hall–Kier alpha value is -3.50. The van der Waals surface area contributed by atoms with Crippen molar-refractivity contribution in [2.45, 2.75) is 40.5 Å². The fraction of sp³-hybridized carbons (Fsp3) is 0.179. The number of thiophene rings is 3. The van der Waals surface area contributed by atoms with Crippen LogP contribution in [0.3, 0.4) is 0 Å². The molecule has 0 amide bonds. The largest absolute Gasteiger partial charge is 0.135 e. The molecule has 1 atom stereocenters. The third-order valence-corrected chi connectivity index (χ3v) is 11.6. The van der Waals surface area contributed by atoms with Crippen LogP contribution in [0.1, 0.15) is 71.9 Å². The molecular formula is C39H36S3. The average molecular weight is 601 g/mol. The number of rotatable bonds is 5. The van der Waals surface area contributed by atoms with Gasteiger partial charge >= 0.3 is 0 Å². The molecule has 0 saturated heterocycles. The molecule has 0 radical (unpaired) electrons. The lowest BCUT2D eigenvalue weighted by Crippen LogP contribution is -2.22. The third kappa shape index (κ3) is 5.04. The van der Waals surface area contributed by atoms with Crippen LogP contribution < -0.4 is 19.5 Å². The maximum Gasteiger partial charge on any atom is 0.0448 e. The Labute approximate surface area is 261 Å². The van der Waals surface area contributed by atoms with Crippen LogP contribution in [0.4, 0.5) is 0 Å². The van der Waals surface area contributed by atoms with Crippen LogP contribution in [0, 0.1) is 5.92 Å². The number of benzene rings is 1. The minimum atomic E-state index is 0.438. The van der Waals surface area contributed by atoms with Gasteiger partial charge in [-0.25, -0.2) is 0 Å². The molecule has 4 aromatic rings. The highest BCUT2D eigenvalue weighted by atomic mass is 32.1. The van der Waals surface area contributed by atoms with Gasteiger partial charge in [-0.3, -0.25) is 0 Å². The van der Waals surface area contributed by atoms with Crippen molar-refractivity contribution in [1.82, 2.24) is 0 Å². The second kappa shape index (κ2) is 12.0. The van der Waals surface area contributed by atoms with Crippen LogP contribution in [0.2, 0.25) is 0 Å². The standard InChI is InChI=1S/C39H36S3/c1-7-10-14-31(37-26(6)28-15-11-12-16-34(28)40-37)39-36(27(9-3)33(42-39)13-8-2)30-21-18-25(5)23-32-29-20-17-24(4)19-22-35(29)41-38(30)32/h8-17,19-24H,2,6-7,18H2,1,3-5H3/b14-10-,27-9+,33-13+,37-31-. The predicted molar refractivity (Wildman–Crippen MR) is 194 cm³/mol. The lowest BCUT2D eigenvalue weighted by Gasteiger charge is -2.10. The van der Waals surface area contributed by atoms with Crippen LogP contribution in [0.5, 0.6) is 0 Å². The van der Waals surface area contributed by atoms with E-state index in [1.54, 1.807) is 0 Å². The molecule has 0 bridgehead atoms. The predicted octanol–water partition coefficient (Wildman–Crippen LogP) is 9.28.